The van der Waals surface area contributed by atoms with Crippen LogP contribution in [0.4, 0.5) is 5.69 Å². The molecule has 0 aliphatic carbocycles. The van der Waals surface area contributed by atoms with Crippen LogP contribution in [0.1, 0.15) is 50.3 Å². The normalized spacial score (nSPS) is 17.5. The lowest BCUT2D eigenvalue weighted by Gasteiger charge is -2.27. The van der Waals surface area contributed by atoms with Gasteiger partial charge in [0.05, 0.1) is 0 Å². The van der Waals surface area contributed by atoms with E-state index in [0.717, 1.165) is 29.0 Å². The second-order valence-electron chi connectivity index (χ2n) is 7.35. The van der Waals surface area contributed by atoms with Gasteiger partial charge in [0.15, 0.2) is 6.10 Å². The maximum absolute atomic E-state index is 13.1. The number of para-hydroxylation sites is 1. The molecule has 2 aromatic carbocycles. The summed E-state index contributed by atoms with van der Waals surface area (Å²) in [5.41, 5.74) is 4.52. The molecule has 1 aliphatic heterocycles. The average molecular weight is 337 g/mol. The fourth-order valence-electron chi connectivity index (χ4n) is 3.56. The summed E-state index contributed by atoms with van der Waals surface area (Å²) in [6.07, 6.45) is 0.379. The molecular formula is C22H27NO2. The Kier molecular flexibility index (Phi) is 4.85. The fourth-order valence-corrected chi connectivity index (χ4v) is 3.56. The van der Waals surface area contributed by atoms with E-state index in [9.17, 15) is 4.79 Å². The Labute approximate surface area is 150 Å². The Morgan fingerprint density at radius 3 is 2.60 bits per heavy atom. The number of carbonyl (C=O) groups excluding carboxylic acids is 1. The summed E-state index contributed by atoms with van der Waals surface area (Å²) in [7, 11) is 0. The molecule has 2 atom stereocenters. The summed E-state index contributed by atoms with van der Waals surface area (Å²) in [6, 6.07) is 14.5. The highest BCUT2D eigenvalue weighted by atomic mass is 16.5. The van der Waals surface area contributed by atoms with Gasteiger partial charge in [-0.25, -0.2) is 0 Å². The third-order valence-electron chi connectivity index (χ3n) is 4.89. The first-order chi connectivity index (χ1) is 11.9. The lowest BCUT2D eigenvalue weighted by atomic mass is 10.0. The lowest BCUT2D eigenvalue weighted by molar-refractivity contribution is -0.124. The minimum absolute atomic E-state index is 0.0219. The molecule has 0 radical (unpaired) electrons. The summed E-state index contributed by atoms with van der Waals surface area (Å²) in [5, 5.41) is 0. The zero-order valence-corrected chi connectivity index (χ0v) is 15.7. The van der Waals surface area contributed by atoms with E-state index in [2.05, 4.69) is 39.0 Å². The van der Waals surface area contributed by atoms with E-state index in [4.69, 9.17) is 4.74 Å². The number of aryl methyl sites for hydroxylation is 1. The molecule has 3 rings (SSSR count). The molecule has 0 aromatic heterocycles. The third kappa shape index (κ3) is 3.41. The highest BCUT2D eigenvalue weighted by Crippen LogP contribution is 2.33. The van der Waals surface area contributed by atoms with E-state index in [-0.39, 0.29) is 11.9 Å². The van der Waals surface area contributed by atoms with Crippen LogP contribution in [0.5, 0.6) is 5.75 Å². The molecule has 0 unspecified atom stereocenters. The summed E-state index contributed by atoms with van der Waals surface area (Å²) < 4.78 is 6.13. The molecule has 3 heteroatoms. The van der Waals surface area contributed by atoms with Gasteiger partial charge in [-0.15, -0.1) is 0 Å². The van der Waals surface area contributed by atoms with E-state index >= 15 is 0 Å². The van der Waals surface area contributed by atoms with Gasteiger partial charge in [-0.3, -0.25) is 4.79 Å². The van der Waals surface area contributed by atoms with E-state index in [1.165, 1.54) is 5.56 Å². The first-order valence-corrected chi connectivity index (χ1v) is 9.06. The number of nitrogens with zero attached hydrogens (tertiary/aromatic N) is 1. The van der Waals surface area contributed by atoms with Crippen LogP contribution in [0.15, 0.2) is 42.5 Å². The quantitative estimate of drug-likeness (QED) is 0.797. The van der Waals surface area contributed by atoms with Gasteiger partial charge in [0.1, 0.15) is 5.75 Å². The third-order valence-corrected chi connectivity index (χ3v) is 4.89. The molecule has 0 spiro atoms. The van der Waals surface area contributed by atoms with Crippen molar-refractivity contribution in [1.29, 1.82) is 0 Å². The lowest BCUT2D eigenvalue weighted by Crippen LogP contribution is -2.43. The number of rotatable bonds is 4. The van der Waals surface area contributed by atoms with Gasteiger partial charge in [-0.05, 0) is 61.9 Å². The van der Waals surface area contributed by atoms with Crippen molar-refractivity contribution in [3.8, 4) is 5.75 Å². The Hall–Kier alpha value is -2.29. The molecule has 0 saturated heterocycles. The molecule has 0 bridgehead atoms. The van der Waals surface area contributed by atoms with Gasteiger partial charge in [-0.2, -0.15) is 0 Å². The SMILES string of the molecule is Cc1ccc(C(C)C)c(O[C@H](C)C(=O)N2c3ccccc3C[C@@H]2C)c1. The van der Waals surface area contributed by atoms with Crippen LogP contribution in [0.2, 0.25) is 0 Å². The fraction of sp³-hybridized carbons (Fsp3) is 0.409. The monoisotopic (exact) mass is 337 g/mol. The van der Waals surface area contributed by atoms with Crippen LogP contribution in [0.25, 0.3) is 0 Å². The van der Waals surface area contributed by atoms with E-state index in [1.807, 2.05) is 43.0 Å². The molecule has 3 nitrogen and oxygen atoms in total. The van der Waals surface area contributed by atoms with Gasteiger partial charge in [0.25, 0.3) is 5.91 Å². The molecule has 1 amide bonds. The Morgan fingerprint density at radius 1 is 1.16 bits per heavy atom. The Bertz CT molecular complexity index is 781. The van der Waals surface area contributed by atoms with Crippen LogP contribution >= 0.6 is 0 Å². The summed E-state index contributed by atoms with van der Waals surface area (Å²) >= 11 is 0. The van der Waals surface area contributed by atoms with Crippen LogP contribution in [0.3, 0.4) is 0 Å². The topological polar surface area (TPSA) is 29.5 Å². The van der Waals surface area contributed by atoms with Crippen LogP contribution in [-0.2, 0) is 11.2 Å². The molecule has 1 aliphatic rings. The molecule has 0 fully saturated rings. The second kappa shape index (κ2) is 6.91. The molecule has 2 aromatic rings. The Morgan fingerprint density at radius 2 is 1.88 bits per heavy atom. The van der Waals surface area contributed by atoms with Gasteiger partial charge >= 0.3 is 0 Å². The number of anilines is 1. The zero-order chi connectivity index (χ0) is 18.1. The van der Waals surface area contributed by atoms with Crippen molar-refractivity contribution in [3.05, 3.63) is 59.2 Å². The number of hydrogen-bond donors (Lipinski definition) is 0. The standard InChI is InChI=1S/C22H27NO2/c1-14(2)19-11-10-15(3)12-21(19)25-17(5)22(24)23-16(4)13-18-8-6-7-9-20(18)23/h6-12,14,16-17H,13H2,1-5H3/t16-,17+/m0/s1. The van der Waals surface area contributed by atoms with Gasteiger partial charge in [0.2, 0.25) is 0 Å². The minimum Gasteiger partial charge on any atom is -0.481 e. The van der Waals surface area contributed by atoms with Gasteiger partial charge in [0, 0.05) is 11.7 Å². The number of fused-ring (bicyclic) bond motifs is 1. The average Bonchev–Trinajstić information content (AvgIpc) is 2.89. The first-order valence-electron chi connectivity index (χ1n) is 9.06. The van der Waals surface area contributed by atoms with Crippen molar-refractivity contribution in [2.45, 2.75) is 59.1 Å². The predicted octanol–water partition coefficient (Wildman–Crippen LogP) is 4.86. The van der Waals surface area contributed by atoms with Crippen LogP contribution in [0, 0.1) is 6.92 Å². The van der Waals surface area contributed by atoms with E-state index in [0.29, 0.717) is 5.92 Å². The number of amides is 1. The van der Waals surface area contributed by atoms with Crippen molar-refractivity contribution in [2.24, 2.45) is 0 Å². The van der Waals surface area contributed by atoms with Crippen LogP contribution in [-0.4, -0.2) is 18.1 Å². The molecule has 1 heterocycles. The second-order valence-corrected chi connectivity index (χ2v) is 7.35. The smallest absolute Gasteiger partial charge is 0.268 e. The number of carbonyl (C=O) groups is 1. The maximum atomic E-state index is 13.1. The molecule has 0 N–H and O–H groups in total. The van der Waals surface area contributed by atoms with Crippen molar-refractivity contribution >= 4 is 11.6 Å². The first kappa shape index (κ1) is 17.5. The molecular weight excluding hydrogens is 310 g/mol. The van der Waals surface area contributed by atoms with Gasteiger partial charge < -0.3 is 9.64 Å². The minimum atomic E-state index is -0.520. The zero-order valence-electron chi connectivity index (χ0n) is 15.7. The number of hydrogen-bond acceptors (Lipinski definition) is 2. The highest BCUT2D eigenvalue weighted by molar-refractivity contribution is 5.99. The van der Waals surface area contributed by atoms with Crippen molar-refractivity contribution in [2.75, 3.05) is 4.90 Å². The Balaban J connectivity index is 1.84. The van der Waals surface area contributed by atoms with E-state index in [1.54, 1.807) is 0 Å². The summed E-state index contributed by atoms with van der Waals surface area (Å²) in [6.45, 7) is 10.3. The largest absolute Gasteiger partial charge is 0.481 e. The van der Waals surface area contributed by atoms with Gasteiger partial charge in [-0.1, -0.05) is 44.2 Å². The number of ether oxygens (including phenoxy) is 1. The maximum Gasteiger partial charge on any atom is 0.268 e. The summed E-state index contributed by atoms with van der Waals surface area (Å²) in [4.78, 5) is 15.0. The molecule has 25 heavy (non-hydrogen) atoms. The predicted molar refractivity (Wildman–Crippen MR) is 102 cm³/mol. The molecule has 0 saturated carbocycles. The number of benzene rings is 2. The van der Waals surface area contributed by atoms with Crippen molar-refractivity contribution in [1.82, 2.24) is 0 Å². The van der Waals surface area contributed by atoms with Crippen LogP contribution < -0.4 is 9.64 Å². The van der Waals surface area contributed by atoms with E-state index < -0.39 is 6.10 Å². The summed E-state index contributed by atoms with van der Waals surface area (Å²) in [5.74, 6) is 1.19. The highest BCUT2D eigenvalue weighted by Gasteiger charge is 2.34. The molecule has 132 valence electrons. The van der Waals surface area contributed by atoms with Crippen molar-refractivity contribution < 1.29 is 9.53 Å². The van der Waals surface area contributed by atoms with Crippen molar-refractivity contribution in [3.63, 3.8) is 0 Å².